The summed E-state index contributed by atoms with van der Waals surface area (Å²) in [6.07, 6.45) is 87.0. The van der Waals surface area contributed by atoms with Crippen LogP contribution in [0, 0.1) is 0 Å². The first-order chi connectivity index (χ1) is 39.5. The lowest BCUT2D eigenvalue weighted by atomic mass is 10.0. The third-order valence-electron chi connectivity index (χ3n) is 16.1. The van der Waals surface area contributed by atoms with Crippen molar-refractivity contribution in [3.63, 3.8) is 0 Å². The molecule has 0 spiro atoms. The first kappa shape index (κ1) is 77.4. The predicted molar refractivity (Wildman–Crippen MR) is 349 cm³/mol. The van der Waals surface area contributed by atoms with Gasteiger partial charge in [0.15, 0.2) is 6.10 Å². The molecule has 0 aliphatic rings. The molecule has 0 aromatic rings. The average molecular weight is 1120 g/mol. The maximum atomic E-state index is 13.0. The average Bonchev–Trinajstić information content (AvgIpc) is 3.46. The molecular formula is C74H136O6. The molecule has 0 amide bonds. The molecule has 0 bridgehead atoms. The molecule has 468 valence electrons. The number of carbonyl (C=O) groups excluding carboxylic acids is 3. The van der Waals surface area contributed by atoms with E-state index >= 15 is 0 Å². The van der Waals surface area contributed by atoms with E-state index in [1.807, 2.05) is 0 Å². The number of hydrogen-bond acceptors (Lipinski definition) is 6. The van der Waals surface area contributed by atoms with E-state index in [0.29, 0.717) is 19.3 Å². The number of ether oxygens (including phenoxy) is 3. The monoisotopic (exact) mass is 1120 g/mol. The number of carbonyl (C=O) groups is 3. The molecule has 0 rings (SSSR count). The van der Waals surface area contributed by atoms with Gasteiger partial charge in [0.05, 0.1) is 0 Å². The Morgan fingerprint density at radius 2 is 0.450 bits per heavy atom. The predicted octanol–water partition coefficient (Wildman–Crippen LogP) is 24.5. The van der Waals surface area contributed by atoms with E-state index in [9.17, 15) is 14.4 Å². The van der Waals surface area contributed by atoms with Crippen molar-refractivity contribution >= 4 is 17.9 Å². The van der Waals surface area contributed by atoms with E-state index in [2.05, 4.69) is 69.4 Å². The summed E-state index contributed by atoms with van der Waals surface area (Å²) in [5, 5.41) is 0. The van der Waals surface area contributed by atoms with E-state index < -0.39 is 6.10 Å². The van der Waals surface area contributed by atoms with E-state index in [-0.39, 0.29) is 31.1 Å². The highest BCUT2D eigenvalue weighted by molar-refractivity contribution is 5.71. The zero-order chi connectivity index (χ0) is 57.8. The highest BCUT2D eigenvalue weighted by atomic mass is 16.6. The van der Waals surface area contributed by atoms with Crippen LogP contribution in [0.25, 0.3) is 0 Å². The maximum Gasteiger partial charge on any atom is 0.306 e. The van der Waals surface area contributed by atoms with Gasteiger partial charge in [-0.25, -0.2) is 0 Å². The summed E-state index contributed by atoms with van der Waals surface area (Å²) in [5.74, 6) is -0.866. The topological polar surface area (TPSA) is 78.9 Å². The summed E-state index contributed by atoms with van der Waals surface area (Å²) >= 11 is 0. The van der Waals surface area contributed by atoms with Gasteiger partial charge >= 0.3 is 17.9 Å². The minimum atomic E-state index is -0.782. The second-order valence-electron chi connectivity index (χ2n) is 24.1. The van der Waals surface area contributed by atoms with Crippen molar-refractivity contribution in [3.05, 3.63) is 48.6 Å². The van der Waals surface area contributed by atoms with Crippen LogP contribution in [0.2, 0.25) is 0 Å². The van der Waals surface area contributed by atoms with Crippen molar-refractivity contribution < 1.29 is 28.6 Å². The Labute approximate surface area is 498 Å². The summed E-state index contributed by atoms with van der Waals surface area (Å²) < 4.78 is 17.0. The smallest absolute Gasteiger partial charge is 0.306 e. The molecule has 0 aromatic heterocycles. The van der Waals surface area contributed by atoms with Gasteiger partial charge in [-0.2, -0.15) is 0 Å². The third-order valence-corrected chi connectivity index (χ3v) is 16.1. The second-order valence-corrected chi connectivity index (χ2v) is 24.1. The quantitative estimate of drug-likeness (QED) is 0.0261. The summed E-state index contributed by atoms with van der Waals surface area (Å²) in [6.45, 7) is 6.68. The summed E-state index contributed by atoms with van der Waals surface area (Å²) in [5.41, 5.74) is 0. The molecule has 0 heterocycles. The van der Waals surface area contributed by atoms with Gasteiger partial charge < -0.3 is 14.2 Å². The van der Waals surface area contributed by atoms with Crippen molar-refractivity contribution in [1.29, 1.82) is 0 Å². The van der Waals surface area contributed by atoms with Gasteiger partial charge in [-0.15, -0.1) is 0 Å². The Morgan fingerprint density at radius 1 is 0.250 bits per heavy atom. The lowest BCUT2D eigenvalue weighted by Crippen LogP contribution is -2.30. The lowest BCUT2D eigenvalue weighted by molar-refractivity contribution is -0.167. The normalized spacial score (nSPS) is 12.3. The summed E-state index contributed by atoms with van der Waals surface area (Å²) in [4.78, 5) is 38.5. The van der Waals surface area contributed by atoms with Crippen LogP contribution >= 0.6 is 0 Å². The largest absolute Gasteiger partial charge is 0.462 e. The van der Waals surface area contributed by atoms with Crippen LogP contribution in [0.4, 0.5) is 0 Å². The van der Waals surface area contributed by atoms with Crippen molar-refractivity contribution in [2.45, 2.75) is 393 Å². The Bertz CT molecular complexity index is 1380. The minimum Gasteiger partial charge on any atom is -0.462 e. The molecule has 0 N–H and O–H groups in total. The van der Waals surface area contributed by atoms with Gasteiger partial charge in [0, 0.05) is 19.3 Å². The molecule has 0 aromatic carbocycles. The fourth-order valence-corrected chi connectivity index (χ4v) is 10.7. The van der Waals surface area contributed by atoms with E-state index in [4.69, 9.17) is 14.2 Å². The van der Waals surface area contributed by atoms with Gasteiger partial charge in [-0.05, 0) is 83.5 Å². The van der Waals surface area contributed by atoms with Gasteiger partial charge in [0.1, 0.15) is 13.2 Å². The van der Waals surface area contributed by atoms with Crippen LogP contribution in [-0.2, 0) is 28.6 Å². The van der Waals surface area contributed by atoms with Crippen LogP contribution in [0.3, 0.4) is 0 Å². The van der Waals surface area contributed by atoms with Crippen LogP contribution in [-0.4, -0.2) is 37.2 Å². The van der Waals surface area contributed by atoms with Crippen LogP contribution in [0.15, 0.2) is 48.6 Å². The van der Waals surface area contributed by atoms with E-state index in [1.54, 1.807) is 0 Å². The Kier molecular flexibility index (Phi) is 66.6. The van der Waals surface area contributed by atoms with Crippen molar-refractivity contribution in [2.75, 3.05) is 13.2 Å². The Hall–Kier alpha value is -2.63. The lowest BCUT2D eigenvalue weighted by Gasteiger charge is -2.18. The molecule has 1 atom stereocenters. The molecule has 6 heteroatoms. The molecule has 0 radical (unpaired) electrons. The molecular weight excluding hydrogens is 985 g/mol. The molecule has 0 aliphatic carbocycles. The maximum absolute atomic E-state index is 13.0. The van der Waals surface area contributed by atoms with Gasteiger partial charge in [0.25, 0.3) is 0 Å². The zero-order valence-electron chi connectivity index (χ0n) is 53.9. The van der Waals surface area contributed by atoms with Crippen molar-refractivity contribution in [1.82, 2.24) is 0 Å². The fraction of sp³-hybridized carbons (Fsp3) is 0.851. The fourth-order valence-electron chi connectivity index (χ4n) is 10.7. The van der Waals surface area contributed by atoms with Crippen molar-refractivity contribution in [3.8, 4) is 0 Å². The molecule has 80 heavy (non-hydrogen) atoms. The Balaban J connectivity index is 4.33. The highest BCUT2D eigenvalue weighted by Gasteiger charge is 2.19. The molecule has 0 saturated carbocycles. The molecule has 0 saturated heterocycles. The standard InChI is InChI=1S/C74H136O6/c1-4-7-10-13-16-19-22-25-28-31-33-35-36-37-39-40-43-46-49-52-55-58-61-64-67-73(76)79-70-71(69-78-72(75)66-63-60-57-54-51-48-45-42-30-27-24-21-18-15-12-9-6-3)80-74(77)68-65-62-59-56-53-50-47-44-41-38-34-32-29-26-23-20-17-14-11-8-5-2/h23,26-27,30,32,34,41,44,71H,4-22,24-25,28-29,31,33,35-40,42-43,45-70H2,1-3H3/b26-23-,30-27-,34-32-,44-41-. The molecule has 1 unspecified atom stereocenters. The number of esters is 3. The van der Waals surface area contributed by atoms with Crippen LogP contribution in [0.5, 0.6) is 0 Å². The highest BCUT2D eigenvalue weighted by Crippen LogP contribution is 2.18. The molecule has 0 aliphatic heterocycles. The third kappa shape index (κ3) is 66.2. The number of rotatable bonds is 66. The van der Waals surface area contributed by atoms with E-state index in [1.165, 1.54) is 270 Å². The van der Waals surface area contributed by atoms with E-state index in [0.717, 1.165) is 77.0 Å². The van der Waals surface area contributed by atoms with Crippen LogP contribution in [0.1, 0.15) is 387 Å². The molecule has 0 fully saturated rings. The first-order valence-electron chi connectivity index (χ1n) is 35.6. The summed E-state index contributed by atoms with van der Waals surface area (Å²) in [7, 11) is 0. The number of unbranched alkanes of at least 4 members (excludes halogenated alkanes) is 47. The second kappa shape index (κ2) is 68.9. The molecule has 6 nitrogen and oxygen atoms in total. The minimum absolute atomic E-state index is 0.0758. The first-order valence-corrected chi connectivity index (χ1v) is 35.6. The summed E-state index contributed by atoms with van der Waals surface area (Å²) in [6, 6.07) is 0. The van der Waals surface area contributed by atoms with Gasteiger partial charge in [-0.3, -0.25) is 14.4 Å². The SMILES string of the molecule is CCCCCCC/C=C\C/C=C\C/C=C\CCCCCCCCC(=O)OC(COC(=O)CCCCCCCCC/C=C\CCCCCCCC)COC(=O)CCCCCCCCCCCCCCCCCCCCCCCCCC. The zero-order valence-corrected chi connectivity index (χ0v) is 53.9. The Morgan fingerprint density at radius 3 is 0.713 bits per heavy atom. The van der Waals surface area contributed by atoms with Gasteiger partial charge in [-0.1, -0.05) is 333 Å². The van der Waals surface area contributed by atoms with Gasteiger partial charge in [0.2, 0.25) is 0 Å². The number of hydrogen-bond donors (Lipinski definition) is 0. The van der Waals surface area contributed by atoms with Crippen molar-refractivity contribution in [2.24, 2.45) is 0 Å². The van der Waals surface area contributed by atoms with Crippen LogP contribution < -0.4 is 0 Å². The number of allylic oxidation sites excluding steroid dienone is 8.